The van der Waals surface area contributed by atoms with Gasteiger partial charge in [0.05, 0.1) is 0 Å². The van der Waals surface area contributed by atoms with Crippen molar-refractivity contribution in [3.8, 4) is 0 Å². The number of carboxylic acid groups (broad SMARTS) is 1. The summed E-state index contributed by atoms with van der Waals surface area (Å²) in [5.74, 6) is -1.64. The standard InChI is InChI=1S/C4H5F3O3.FH/c1-2(3(8)9)10-4(5,6)7;/h2H,1H3,(H,8,9);1H. The summed E-state index contributed by atoms with van der Waals surface area (Å²) in [6.45, 7) is 0.801. The third-order valence-electron chi connectivity index (χ3n) is 0.658. The van der Waals surface area contributed by atoms with Gasteiger partial charge in [0.2, 0.25) is 0 Å². The van der Waals surface area contributed by atoms with E-state index < -0.39 is 18.4 Å². The van der Waals surface area contributed by atoms with Gasteiger partial charge in [0.15, 0.2) is 6.10 Å². The van der Waals surface area contributed by atoms with Crippen LogP contribution in [0, 0.1) is 0 Å². The van der Waals surface area contributed by atoms with Crippen molar-refractivity contribution in [2.45, 2.75) is 19.4 Å². The molecule has 3 nitrogen and oxygen atoms in total. The van der Waals surface area contributed by atoms with Crippen molar-refractivity contribution in [1.29, 1.82) is 0 Å². The Morgan fingerprint density at radius 1 is 1.55 bits per heavy atom. The summed E-state index contributed by atoms with van der Waals surface area (Å²) in [5.41, 5.74) is 0. The normalized spacial score (nSPS) is 13.5. The molecule has 0 aromatic rings. The number of aliphatic carboxylic acids is 1. The van der Waals surface area contributed by atoms with Crippen LogP contribution in [0.5, 0.6) is 0 Å². The maximum absolute atomic E-state index is 11.2. The molecule has 0 aliphatic heterocycles. The lowest BCUT2D eigenvalue weighted by molar-refractivity contribution is -0.337. The molecule has 0 fully saturated rings. The lowest BCUT2D eigenvalue weighted by Crippen LogP contribution is -2.27. The summed E-state index contributed by atoms with van der Waals surface area (Å²) < 4.78 is 36.6. The highest BCUT2D eigenvalue weighted by Crippen LogP contribution is 2.18. The Hall–Kier alpha value is -0.850. The van der Waals surface area contributed by atoms with E-state index in [0.29, 0.717) is 0 Å². The number of rotatable bonds is 2. The van der Waals surface area contributed by atoms with E-state index in [-0.39, 0.29) is 4.70 Å². The molecular weight excluding hydrogens is 172 g/mol. The predicted octanol–water partition coefficient (Wildman–Crippen LogP) is 1.15. The fraction of sp³-hybridized carbons (Fsp3) is 0.750. The van der Waals surface area contributed by atoms with Crippen LogP contribution < -0.4 is 0 Å². The molecule has 0 radical (unpaired) electrons. The second kappa shape index (κ2) is 4.12. The molecule has 0 bridgehead atoms. The molecule has 68 valence electrons. The molecular formula is C4H6F4O3. The van der Waals surface area contributed by atoms with Crippen molar-refractivity contribution in [3.63, 3.8) is 0 Å². The third-order valence-corrected chi connectivity index (χ3v) is 0.658. The maximum Gasteiger partial charge on any atom is 0.523 e. The van der Waals surface area contributed by atoms with Gasteiger partial charge in [-0.25, -0.2) is 4.79 Å². The fourth-order valence-electron chi connectivity index (χ4n) is 0.251. The Labute approximate surface area is 59.1 Å². The van der Waals surface area contributed by atoms with Crippen molar-refractivity contribution < 1.29 is 32.5 Å². The van der Waals surface area contributed by atoms with E-state index in [1.807, 2.05) is 0 Å². The Morgan fingerprint density at radius 2 is 1.91 bits per heavy atom. The van der Waals surface area contributed by atoms with Crippen molar-refractivity contribution in [2.75, 3.05) is 0 Å². The molecule has 7 heteroatoms. The molecule has 1 atom stereocenters. The van der Waals surface area contributed by atoms with Crippen molar-refractivity contribution in [2.24, 2.45) is 0 Å². The minimum atomic E-state index is -4.88. The first-order valence-corrected chi connectivity index (χ1v) is 2.30. The van der Waals surface area contributed by atoms with Crippen LogP contribution in [0.25, 0.3) is 0 Å². The lowest BCUT2D eigenvalue weighted by atomic mass is 10.4. The number of ether oxygens (including phenoxy) is 1. The van der Waals surface area contributed by atoms with Gasteiger partial charge in [-0.3, -0.25) is 9.44 Å². The van der Waals surface area contributed by atoms with E-state index in [9.17, 15) is 18.0 Å². The molecule has 0 spiro atoms. The van der Waals surface area contributed by atoms with Crippen LogP contribution in [0.2, 0.25) is 0 Å². The van der Waals surface area contributed by atoms with Crippen LogP contribution in [0.15, 0.2) is 0 Å². The van der Waals surface area contributed by atoms with Crippen LogP contribution >= 0.6 is 0 Å². The van der Waals surface area contributed by atoms with Crippen LogP contribution in [-0.2, 0) is 9.53 Å². The zero-order valence-electron chi connectivity index (χ0n) is 5.38. The van der Waals surface area contributed by atoms with Gasteiger partial charge in [-0.15, -0.1) is 13.2 Å². The molecule has 11 heavy (non-hydrogen) atoms. The van der Waals surface area contributed by atoms with E-state index in [4.69, 9.17) is 5.11 Å². The first-order valence-electron chi connectivity index (χ1n) is 2.30. The number of alkyl halides is 3. The Bertz CT molecular complexity index is 132. The van der Waals surface area contributed by atoms with Gasteiger partial charge in [0.1, 0.15) is 0 Å². The molecule has 0 amide bonds. The second-order valence-corrected chi connectivity index (χ2v) is 1.54. The zero-order chi connectivity index (χ0) is 8.36. The van der Waals surface area contributed by atoms with Crippen LogP contribution in [0.1, 0.15) is 6.92 Å². The molecule has 0 aromatic carbocycles. The average molecular weight is 178 g/mol. The van der Waals surface area contributed by atoms with E-state index in [1.54, 1.807) is 0 Å². The molecule has 0 saturated carbocycles. The molecule has 0 saturated heterocycles. The summed E-state index contributed by atoms with van der Waals surface area (Å²) in [5, 5.41) is 7.92. The van der Waals surface area contributed by atoms with Crippen molar-refractivity contribution in [3.05, 3.63) is 0 Å². The fourth-order valence-corrected chi connectivity index (χ4v) is 0.251. The van der Waals surface area contributed by atoms with E-state index in [1.165, 1.54) is 0 Å². The molecule has 1 unspecified atom stereocenters. The van der Waals surface area contributed by atoms with Crippen LogP contribution in [0.4, 0.5) is 17.9 Å². The van der Waals surface area contributed by atoms with Gasteiger partial charge in [0.25, 0.3) is 0 Å². The molecule has 0 aromatic heterocycles. The van der Waals surface area contributed by atoms with Gasteiger partial charge in [-0.05, 0) is 6.92 Å². The van der Waals surface area contributed by atoms with E-state index in [0.717, 1.165) is 6.92 Å². The van der Waals surface area contributed by atoms with Gasteiger partial charge in [-0.1, -0.05) is 0 Å². The highest BCUT2D eigenvalue weighted by atomic mass is 19.4. The van der Waals surface area contributed by atoms with Crippen molar-refractivity contribution >= 4 is 5.97 Å². The maximum atomic E-state index is 11.2. The van der Waals surface area contributed by atoms with Gasteiger partial charge >= 0.3 is 12.3 Å². The summed E-state index contributed by atoms with van der Waals surface area (Å²) in [6.07, 6.45) is -6.72. The first-order chi connectivity index (χ1) is 4.33. The first kappa shape index (κ1) is 12.8. The predicted molar refractivity (Wildman–Crippen MR) is 26.7 cm³/mol. The number of carbonyl (C=O) groups is 1. The van der Waals surface area contributed by atoms with Crippen LogP contribution in [0.3, 0.4) is 0 Å². The smallest absolute Gasteiger partial charge is 0.479 e. The van der Waals surface area contributed by atoms with Gasteiger partial charge < -0.3 is 5.11 Å². The highest BCUT2D eigenvalue weighted by Gasteiger charge is 2.34. The summed E-state index contributed by atoms with van der Waals surface area (Å²) in [6, 6.07) is 0. The minimum Gasteiger partial charge on any atom is -0.479 e. The number of carboxylic acids is 1. The van der Waals surface area contributed by atoms with E-state index in [2.05, 4.69) is 4.74 Å². The van der Waals surface area contributed by atoms with Crippen molar-refractivity contribution in [1.82, 2.24) is 0 Å². The molecule has 0 aliphatic carbocycles. The number of halogens is 4. The molecule has 1 N–H and O–H groups in total. The Balaban J connectivity index is 0. The second-order valence-electron chi connectivity index (χ2n) is 1.54. The Kier molecular flexibility index (Phi) is 4.79. The molecule has 0 aliphatic rings. The SMILES string of the molecule is CC(OC(F)(F)F)C(=O)O.F. The third kappa shape index (κ3) is 7.04. The topological polar surface area (TPSA) is 46.5 Å². The summed E-state index contributed by atoms with van der Waals surface area (Å²) >= 11 is 0. The quantitative estimate of drug-likeness (QED) is 0.645. The van der Waals surface area contributed by atoms with Crippen LogP contribution in [-0.4, -0.2) is 23.5 Å². The number of hydrogen-bond acceptors (Lipinski definition) is 2. The minimum absolute atomic E-state index is 0. The van der Waals surface area contributed by atoms with E-state index >= 15 is 0 Å². The highest BCUT2D eigenvalue weighted by molar-refractivity contribution is 5.71. The lowest BCUT2D eigenvalue weighted by Gasteiger charge is -2.09. The van der Waals surface area contributed by atoms with Gasteiger partial charge in [0, 0.05) is 0 Å². The monoisotopic (exact) mass is 178 g/mol. The summed E-state index contributed by atoms with van der Waals surface area (Å²) in [7, 11) is 0. The molecule has 0 rings (SSSR count). The zero-order valence-corrected chi connectivity index (χ0v) is 5.38. The number of hydrogen-bond donors (Lipinski definition) is 1. The van der Waals surface area contributed by atoms with Gasteiger partial charge in [-0.2, -0.15) is 0 Å². The summed E-state index contributed by atoms with van der Waals surface area (Å²) in [4.78, 5) is 9.75. The Morgan fingerprint density at radius 3 is 2.00 bits per heavy atom. The molecule has 0 heterocycles. The average Bonchev–Trinajstić information content (AvgIpc) is 1.60. The largest absolute Gasteiger partial charge is 0.523 e.